The van der Waals surface area contributed by atoms with E-state index in [-0.39, 0.29) is 0 Å². The highest BCUT2D eigenvalue weighted by Crippen LogP contribution is 2.67. The maximum atomic E-state index is 6.57. The summed E-state index contributed by atoms with van der Waals surface area (Å²) in [6, 6.07) is 0.330. The molecule has 4 aliphatic rings. The van der Waals surface area contributed by atoms with Crippen molar-refractivity contribution >= 4 is 0 Å². The van der Waals surface area contributed by atoms with Crippen LogP contribution in [0.1, 0.15) is 183 Å². The van der Waals surface area contributed by atoms with Crippen LogP contribution >= 0.6 is 0 Å². The lowest BCUT2D eigenvalue weighted by molar-refractivity contribution is -0.0641. The van der Waals surface area contributed by atoms with E-state index in [0.717, 1.165) is 87.8 Å². The number of nitrogens with zero attached hydrogens (tertiary/aromatic N) is 1. The Kier molecular flexibility index (Phi) is 20.0. The first-order chi connectivity index (χ1) is 25.6. The van der Waals surface area contributed by atoms with Gasteiger partial charge in [0.25, 0.3) is 0 Å². The second kappa shape index (κ2) is 23.5. The Labute approximate surface area is 330 Å². The SMILES string of the molecule is CCCCC/C=C\CCCOC[C@H](COCCCCCCCO[C@H]1CC[C@@]2(C)C(=CC[C@H]3[C@@H]4CC[C@H]([C@H](C)CCCC(C)C)[C@@]4(C)CC[C@@H]32)C1)N(C)C. The van der Waals surface area contributed by atoms with Gasteiger partial charge in [0.05, 0.1) is 25.4 Å². The monoisotopic (exact) mass is 740 g/mol. The number of hydrogen-bond donors (Lipinski definition) is 0. The fourth-order valence-corrected chi connectivity index (χ4v) is 11.7. The van der Waals surface area contributed by atoms with E-state index >= 15 is 0 Å². The fourth-order valence-electron chi connectivity index (χ4n) is 11.7. The van der Waals surface area contributed by atoms with E-state index in [9.17, 15) is 0 Å². The lowest BCUT2D eigenvalue weighted by Crippen LogP contribution is -2.51. The topological polar surface area (TPSA) is 30.9 Å². The van der Waals surface area contributed by atoms with E-state index in [1.807, 2.05) is 0 Å². The molecule has 4 rings (SSSR count). The maximum absolute atomic E-state index is 6.57. The van der Waals surface area contributed by atoms with Gasteiger partial charge in [-0.3, -0.25) is 0 Å². The van der Waals surface area contributed by atoms with Crippen LogP contribution in [0.2, 0.25) is 0 Å². The van der Waals surface area contributed by atoms with E-state index < -0.39 is 0 Å². The summed E-state index contributed by atoms with van der Waals surface area (Å²) < 4.78 is 18.7. The average Bonchev–Trinajstić information content (AvgIpc) is 3.49. The van der Waals surface area contributed by atoms with Gasteiger partial charge in [0.1, 0.15) is 0 Å². The molecular formula is C49H89NO3. The lowest BCUT2D eigenvalue weighted by atomic mass is 9.47. The first-order valence-electron chi connectivity index (χ1n) is 23.4. The standard InChI is InChI=1S/C49H89NO3/c1-9-10-11-12-13-14-16-19-33-51-37-42(50(7)8)38-52-34-20-17-15-18-21-35-53-43-29-31-48(5)41(36-43)25-26-44-46-28-27-45(40(4)24-22-23-39(2)3)49(46,6)32-30-47(44)48/h13-14,25,39-40,42-47H,9-12,15-24,26-38H2,1-8H3/b14-13-/t40-,42-,43+,44+,45-,46+,47+,48+,49-/m1/s1. The van der Waals surface area contributed by atoms with Crippen LogP contribution in [0.25, 0.3) is 0 Å². The second-order valence-corrected chi connectivity index (χ2v) is 19.7. The van der Waals surface area contributed by atoms with E-state index in [1.54, 1.807) is 5.57 Å². The smallest absolute Gasteiger partial charge is 0.0644 e. The predicted octanol–water partition coefficient (Wildman–Crippen LogP) is 13.2. The van der Waals surface area contributed by atoms with Gasteiger partial charge in [-0.2, -0.15) is 0 Å². The Morgan fingerprint density at radius 3 is 2.17 bits per heavy atom. The van der Waals surface area contributed by atoms with Gasteiger partial charge in [0, 0.05) is 19.8 Å². The molecular weight excluding hydrogens is 651 g/mol. The molecule has 0 spiro atoms. The molecule has 3 fully saturated rings. The van der Waals surface area contributed by atoms with Gasteiger partial charge in [0.2, 0.25) is 0 Å². The first kappa shape index (κ1) is 45.0. The normalized spacial score (nSPS) is 31.1. The molecule has 4 aliphatic carbocycles. The quantitative estimate of drug-likeness (QED) is 0.0620. The Morgan fingerprint density at radius 2 is 1.45 bits per heavy atom. The molecule has 4 heteroatoms. The van der Waals surface area contributed by atoms with Gasteiger partial charge in [-0.25, -0.2) is 0 Å². The van der Waals surface area contributed by atoms with Gasteiger partial charge >= 0.3 is 0 Å². The molecule has 0 N–H and O–H groups in total. The number of rotatable bonds is 27. The van der Waals surface area contributed by atoms with Crippen molar-refractivity contribution in [1.82, 2.24) is 4.90 Å². The third kappa shape index (κ3) is 13.5. The molecule has 0 saturated heterocycles. The van der Waals surface area contributed by atoms with Crippen LogP contribution in [0.4, 0.5) is 0 Å². The Morgan fingerprint density at radius 1 is 0.755 bits per heavy atom. The summed E-state index contributed by atoms with van der Waals surface area (Å²) >= 11 is 0. The zero-order valence-electron chi connectivity index (χ0n) is 36.6. The number of hydrogen-bond acceptors (Lipinski definition) is 4. The van der Waals surface area contributed by atoms with E-state index in [2.05, 4.69) is 78.8 Å². The highest BCUT2D eigenvalue weighted by Gasteiger charge is 2.59. The minimum atomic E-state index is 0.330. The van der Waals surface area contributed by atoms with Gasteiger partial charge in [0.15, 0.2) is 0 Å². The van der Waals surface area contributed by atoms with E-state index in [0.29, 0.717) is 23.0 Å². The van der Waals surface area contributed by atoms with Gasteiger partial charge in [-0.1, -0.05) is 117 Å². The van der Waals surface area contributed by atoms with Gasteiger partial charge in [-0.05, 0) is 150 Å². The third-order valence-electron chi connectivity index (χ3n) is 15.2. The zero-order valence-corrected chi connectivity index (χ0v) is 36.6. The minimum absolute atomic E-state index is 0.330. The molecule has 0 bridgehead atoms. The summed E-state index contributed by atoms with van der Waals surface area (Å²) in [6.07, 6.45) is 36.8. The number of likely N-dealkylation sites (N-methyl/N-ethyl adjacent to an activating group) is 1. The van der Waals surface area contributed by atoms with Crippen LogP contribution in [0.3, 0.4) is 0 Å². The van der Waals surface area contributed by atoms with Crippen LogP contribution in [0.15, 0.2) is 23.8 Å². The summed E-state index contributed by atoms with van der Waals surface area (Å²) in [6.45, 7) is 19.2. The number of ether oxygens (including phenoxy) is 3. The maximum Gasteiger partial charge on any atom is 0.0644 e. The summed E-state index contributed by atoms with van der Waals surface area (Å²) in [5.41, 5.74) is 2.79. The lowest BCUT2D eigenvalue weighted by Gasteiger charge is -2.58. The second-order valence-electron chi connectivity index (χ2n) is 19.7. The molecule has 0 unspecified atom stereocenters. The van der Waals surface area contributed by atoms with Crippen LogP contribution in [-0.4, -0.2) is 64.2 Å². The molecule has 0 amide bonds. The van der Waals surface area contributed by atoms with Crippen LogP contribution < -0.4 is 0 Å². The van der Waals surface area contributed by atoms with Crippen molar-refractivity contribution < 1.29 is 14.2 Å². The Balaban J connectivity index is 1.05. The molecule has 0 aromatic heterocycles. The molecule has 308 valence electrons. The zero-order chi connectivity index (χ0) is 38.1. The molecule has 4 nitrogen and oxygen atoms in total. The highest BCUT2D eigenvalue weighted by molar-refractivity contribution is 5.25. The van der Waals surface area contributed by atoms with E-state index in [4.69, 9.17) is 14.2 Å². The molecule has 3 saturated carbocycles. The van der Waals surface area contributed by atoms with Gasteiger partial charge in [-0.15, -0.1) is 0 Å². The van der Waals surface area contributed by atoms with Gasteiger partial charge < -0.3 is 19.1 Å². The molecule has 0 aromatic rings. The van der Waals surface area contributed by atoms with Crippen LogP contribution in [0, 0.1) is 46.3 Å². The van der Waals surface area contributed by atoms with Crippen molar-refractivity contribution in [3.63, 3.8) is 0 Å². The minimum Gasteiger partial charge on any atom is -0.380 e. The van der Waals surface area contributed by atoms with Crippen molar-refractivity contribution in [3.8, 4) is 0 Å². The summed E-state index contributed by atoms with van der Waals surface area (Å²) in [7, 11) is 4.27. The molecule has 0 heterocycles. The molecule has 0 aromatic carbocycles. The average molecular weight is 740 g/mol. The molecule has 0 radical (unpaired) electrons. The summed E-state index contributed by atoms with van der Waals surface area (Å²) in [5.74, 6) is 5.49. The largest absolute Gasteiger partial charge is 0.380 e. The first-order valence-corrected chi connectivity index (χ1v) is 23.4. The van der Waals surface area contributed by atoms with E-state index in [1.165, 1.54) is 122 Å². The number of allylic oxidation sites excluding steroid dienone is 3. The van der Waals surface area contributed by atoms with Crippen molar-refractivity contribution in [2.24, 2.45) is 46.3 Å². The fraction of sp³-hybridized carbons (Fsp3) is 0.918. The van der Waals surface area contributed by atoms with Crippen LogP contribution in [-0.2, 0) is 14.2 Å². The highest BCUT2D eigenvalue weighted by atomic mass is 16.5. The Hall–Kier alpha value is -0.680. The summed E-state index contributed by atoms with van der Waals surface area (Å²) in [4.78, 5) is 2.24. The van der Waals surface area contributed by atoms with Crippen LogP contribution in [0.5, 0.6) is 0 Å². The molecule has 0 aliphatic heterocycles. The number of fused-ring (bicyclic) bond motifs is 5. The molecule has 53 heavy (non-hydrogen) atoms. The van der Waals surface area contributed by atoms with Crippen molar-refractivity contribution in [2.75, 3.05) is 47.1 Å². The Bertz CT molecular complexity index is 1050. The van der Waals surface area contributed by atoms with Crippen molar-refractivity contribution in [1.29, 1.82) is 0 Å². The predicted molar refractivity (Wildman–Crippen MR) is 227 cm³/mol. The van der Waals surface area contributed by atoms with Crippen molar-refractivity contribution in [2.45, 2.75) is 195 Å². The third-order valence-corrected chi connectivity index (χ3v) is 15.2. The van der Waals surface area contributed by atoms with Crippen molar-refractivity contribution in [3.05, 3.63) is 23.8 Å². The summed E-state index contributed by atoms with van der Waals surface area (Å²) in [5, 5.41) is 0. The molecule has 9 atom stereocenters. The number of unbranched alkanes of at least 4 members (excludes halogenated alkanes) is 8.